The zero-order valence-electron chi connectivity index (χ0n) is 9.55. The lowest BCUT2D eigenvalue weighted by molar-refractivity contribution is 0.580. The maximum Gasteiger partial charge on any atom is 0.240 e. The molecule has 96 valence electrons. The van der Waals surface area contributed by atoms with E-state index in [9.17, 15) is 12.8 Å². The molecule has 1 heterocycles. The van der Waals surface area contributed by atoms with E-state index in [4.69, 9.17) is 0 Å². The fourth-order valence-corrected chi connectivity index (χ4v) is 3.14. The Labute approximate surface area is 109 Å². The van der Waals surface area contributed by atoms with Crippen molar-refractivity contribution in [3.05, 3.63) is 46.2 Å². The standard InChI is InChI=1S/C11H11FN2O2S2/c1-8-6-13-11(17-8)7-14-18(15,16)10-4-2-9(12)3-5-10/h2-6,14H,7H2,1H3. The van der Waals surface area contributed by atoms with E-state index in [1.165, 1.54) is 23.5 Å². The van der Waals surface area contributed by atoms with Crippen molar-refractivity contribution >= 4 is 21.4 Å². The van der Waals surface area contributed by atoms with E-state index >= 15 is 0 Å². The molecule has 0 bridgehead atoms. The minimum atomic E-state index is -3.62. The number of sulfonamides is 1. The van der Waals surface area contributed by atoms with E-state index in [0.29, 0.717) is 5.01 Å². The monoisotopic (exact) mass is 286 g/mol. The lowest BCUT2D eigenvalue weighted by Gasteiger charge is -2.04. The molecule has 18 heavy (non-hydrogen) atoms. The average molecular weight is 286 g/mol. The lowest BCUT2D eigenvalue weighted by atomic mass is 10.4. The lowest BCUT2D eigenvalue weighted by Crippen LogP contribution is -2.23. The molecule has 0 atom stereocenters. The van der Waals surface area contributed by atoms with Crippen LogP contribution < -0.4 is 4.72 Å². The highest BCUT2D eigenvalue weighted by Crippen LogP contribution is 2.13. The Balaban J connectivity index is 2.10. The molecule has 2 rings (SSSR count). The van der Waals surface area contributed by atoms with Gasteiger partial charge in [0.25, 0.3) is 0 Å². The van der Waals surface area contributed by atoms with Crippen LogP contribution in [-0.2, 0) is 16.6 Å². The Kier molecular flexibility index (Phi) is 3.74. The van der Waals surface area contributed by atoms with Crippen LogP contribution in [0.15, 0.2) is 35.4 Å². The van der Waals surface area contributed by atoms with E-state index in [1.807, 2.05) is 6.92 Å². The van der Waals surface area contributed by atoms with Gasteiger partial charge in [-0.05, 0) is 31.2 Å². The van der Waals surface area contributed by atoms with Gasteiger partial charge in [-0.25, -0.2) is 22.5 Å². The minimum Gasteiger partial charge on any atom is -0.248 e. The number of halogens is 1. The summed E-state index contributed by atoms with van der Waals surface area (Å²) in [6.07, 6.45) is 1.69. The second-order valence-corrected chi connectivity index (χ2v) is 6.73. The van der Waals surface area contributed by atoms with Gasteiger partial charge in [-0.1, -0.05) is 0 Å². The Hall–Kier alpha value is -1.31. The first-order chi connectivity index (χ1) is 8.47. The molecule has 2 aromatic rings. The third-order valence-electron chi connectivity index (χ3n) is 2.21. The Bertz CT molecular complexity index is 635. The van der Waals surface area contributed by atoms with Crippen molar-refractivity contribution in [1.29, 1.82) is 0 Å². The van der Waals surface area contributed by atoms with Crippen LogP contribution in [0.25, 0.3) is 0 Å². The summed E-state index contributed by atoms with van der Waals surface area (Å²) in [6.45, 7) is 2.04. The molecule has 0 aliphatic rings. The zero-order valence-corrected chi connectivity index (χ0v) is 11.2. The average Bonchev–Trinajstić information content (AvgIpc) is 2.73. The molecular formula is C11H11FN2O2S2. The molecule has 0 saturated carbocycles. The second-order valence-electron chi connectivity index (χ2n) is 3.64. The van der Waals surface area contributed by atoms with E-state index in [0.717, 1.165) is 17.0 Å². The van der Waals surface area contributed by atoms with Crippen LogP contribution in [0.1, 0.15) is 9.88 Å². The molecule has 1 aromatic carbocycles. The third kappa shape index (κ3) is 3.12. The van der Waals surface area contributed by atoms with Gasteiger partial charge in [-0.3, -0.25) is 0 Å². The third-order valence-corrected chi connectivity index (χ3v) is 4.54. The maximum absolute atomic E-state index is 12.7. The summed E-state index contributed by atoms with van der Waals surface area (Å²) in [7, 11) is -3.62. The molecule has 0 spiro atoms. The molecule has 0 fully saturated rings. The molecular weight excluding hydrogens is 275 g/mol. The van der Waals surface area contributed by atoms with Gasteiger partial charge in [0.15, 0.2) is 0 Å². The van der Waals surface area contributed by atoms with Gasteiger partial charge < -0.3 is 0 Å². The molecule has 0 aliphatic heterocycles. The number of aromatic nitrogens is 1. The summed E-state index contributed by atoms with van der Waals surface area (Å²) in [4.78, 5) is 5.12. The van der Waals surface area contributed by atoms with E-state index in [1.54, 1.807) is 6.20 Å². The zero-order chi connectivity index (χ0) is 13.2. The van der Waals surface area contributed by atoms with Gasteiger partial charge in [0.2, 0.25) is 10.0 Å². The van der Waals surface area contributed by atoms with Crippen LogP contribution in [0, 0.1) is 12.7 Å². The molecule has 1 aromatic heterocycles. The molecule has 0 radical (unpaired) electrons. The topological polar surface area (TPSA) is 59.1 Å². The van der Waals surface area contributed by atoms with Crippen LogP contribution >= 0.6 is 11.3 Å². The maximum atomic E-state index is 12.7. The molecule has 4 nitrogen and oxygen atoms in total. The van der Waals surface area contributed by atoms with Crippen molar-refractivity contribution < 1.29 is 12.8 Å². The number of hydrogen-bond acceptors (Lipinski definition) is 4. The molecule has 0 unspecified atom stereocenters. The fraction of sp³-hybridized carbons (Fsp3) is 0.182. The number of thiazole rings is 1. The van der Waals surface area contributed by atoms with Crippen LogP contribution in [0.3, 0.4) is 0 Å². The number of rotatable bonds is 4. The normalized spacial score (nSPS) is 11.7. The number of nitrogens with one attached hydrogen (secondary N) is 1. The minimum absolute atomic E-state index is 0.0391. The number of nitrogens with zero attached hydrogens (tertiary/aromatic N) is 1. The first-order valence-corrected chi connectivity index (χ1v) is 7.44. The van der Waals surface area contributed by atoms with Crippen LogP contribution in [0.4, 0.5) is 4.39 Å². The summed E-state index contributed by atoms with van der Waals surface area (Å²) in [5, 5.41) is 0.693. The number of hydrogen-bond donors (Lipinski definition) is 1. The molecule has 0 aliphatic carbocycles. The van der Waals surface area contributed by atoms with Gasteiger partial charge >= 0.3 is 0 Å². The summed E-state index contributed by atoms with van der Waals surface area (Å²) in [5.41, 5.74) is 0. The molecule has 7 heteroatoms. The van der Waals surface area contributed by atoms with Crippen molar-refractivity contribution in [2.75, 3.05) is 0 Å². The summed E-state index contributed by atoms with van der Waals surface area (Å²) < 4.78 is 38.9. The van der Waals surface area contributed by atoms with E-state index in [2.05, 4.69) is 9.71 Å². The highest BCUT2D eigenvalue weighted by Gasteiger charge is 2.14. The smallest absolute Gasteiger partial charge is 0.240 e. The van der Waals surface area contributed by atoms with Crippen LogP contribution in [-0.4, -0.2) is 13.4 Å². The predicted octanol–water partition coefficient (Wildman–Crippen LogP) is 2.07. The van der Waals surface area contributed by atoms with Crippen LogP contribution in [0.2, 0.25) is 0 Å². The predicted molar refractivity (Wildman–Crippen MR) is 67.3 cm³/mol. The highest BCUT2D eigenvalue weighted by molar-refractivity contribution is 7.89. The van der Waals surface area contributed by atoms with E-state index in [-0.39, 0.29) is 11.4 Å². The largest absolute Gasteiger partial charge is 0.248 e. The highest BCUT2D eigenvalue weighted by atomic mass is 32.2. The quantitative estimate of drug-likeness (QED) is 0.936. The molecule has 0 saturated heterocycles. The SMILES string of the molecule is Cc1cnc(CNS(=O)(=O)c2ccc(F)cc2)s1. The van der Waals surface area contributed by atoms with Gasteiger partial charge in [0.05, 0.1) is 11.4 Å². The first kappa shape index (κ1) is 13.1. The van der Waals surface area contributed by atoms with Crippen molar-refractivity contribution in [3.8, 4) is 0 Å². The van der Waals surface area contributed by atoms with Crippen molar-refractivity contribution in [2.45, 2.75) is 18.4 Å². The van der Waals surface area contributed by atoms with Gasteiger partial charge in [-0.15, -0.1) is 11.3 Å². The Morgan fingerprint density at radius 2 is 2.00 bits per heavy atom. The first-order valence-electron chi connectivity index (χ1n) is 5.14. The molecule has 1 N–H and O–H groups in total. The van der Waals surface area contributed by atoms with E-state index < -0.39 is 15.8 Å². The molecule has 0 amide bonds. The van der Waals surface area contributed by atoms with Gasteiger partial charge in [0, 0.05) is 11.1 Å². The van der Waals surface area contributed by atoms with Crippen molar-refractivity contribution in [3.63, 3.8) is 0 Å². The Morgan fingerprint density at radius 3 is 2.56 bits per heavy atom. The van der Waals surface area contributed by atoms with Gasteiger partial charge in [-0.2, -0.15) is 0 Å². The van der Waals surface area contributed by atoms with Crippen LogP contribution in [0.5, 0.6) is 0 Å². The van der Waals surface area contributed by atoms with Crippen molar-refractivity contribution in [2.24, 2.45) is 0 Å². The van der Waals surface area contributed by atoms with Crippen molar-refractivity contribution in [1.82, 2.24) is 9.71 Å². The Morgan fingerprint density at radius 1 is 1.33 bits per heavy atom. The summed E-state index contributed by atoms with van der Waals surface area (Å²) in [5.74, 6) is -0.468. The fourth-order valence-electron chi connectivity index (χ4n) is 1.34. The second kappa shape index (κ2) is 5.13. The summed E-state index contributed by atoms with van der Waals surface area (Å²) >= 11 is 1.43. The van der Waals surface area contributed by atoms with Gasteiger partial charge in [0.1, 0.15) is 10.8 Å². The number of benzene rings is 1. The summed E-state index contributed by atoms with van der Waals surface area (Å²) in [6, 6.07) is 4.68. The number of aryl methyl sites for hydroxylation is 1.